The number of ether oxygens (including phenoxy) is 2. The highest BCUT2D eigenvalue weighted by Crippen LogP contribution is 2.18. The molecule has 0 saturated carbocycles. The molecule has 0 aromatic heterocycles. The summed E-state index contributed by atoms with van der Waals surface area (Å²) < 4.78 is 10.1. The molecule has 5 nitrogen and oxygen atoms in total. The molecule has 0 atom stereocenters. The first-order valence-corrected chi connectivity index (χ1v) is 8.85. The van der Waals surface area contributed by atoms with Crippen molar-refractivity contribution in [2.75, 3.05) is 26.0 Å². The second-order valence-corrected chi connectivity index (χ2v) is 6.46. The van der Waals surface area contributed by atoms with Crippen molar-refractivity contribution >= 4 is 23.6 Å². The van der Waals surface area contributed by atoms with Gasteiger partial charge in [-0.25, -0.2) is 4.79 Å². The quantitative estimate of drug-likeness (QED) is 0.446. The number of nitrogens with one attached hydrogen (secondary N) is 1. The third-order valence-corrected chi connectivity index (χ3v) is 4.39. The first kappa shape index (κ1) is 18.9. The Hall–Kier alpha value is -2.47. The summed E-state index contributed by atoms with van der Waals surface area (Å²) in [5.41, 5.74) is 1.52. The fourth-order valence-corrected chi connectivity index (χ4v) is 2.84. The zero-order chi connectivity index (χ0) is 18.1. The summed E-state index contributed by atoms with van der Waals surface area (Å²) in [6.07, 6.45) is 0. The lowest BCUT2D eigenvalue weighted by atomic mass is 10.2. The summed E-state index contributed by atoms with van der Waals surface area (Å²) in [4.78, 5) is 24.9. The van der Waals surface area contributed by atoms with Crippen molar-refractivity contribution in [2.45, 2.75) is 11.8 Å². The first-order chi connectivity index (χ1) is 12.1. The summed E-state index contributed by atoms with van der Waals surface area (Å²) in [6.45, 7) is 2.23. The van der Waals surface area contributed by atoms with Crippen molar-refractivity contribution in [1.29, 1.82) is 0 Å². The van der Waals surface area contributed by atoms with Crippen LogP contribution in [0.15, 0.2) is 53.4 Å². The lowest BCUT2D eigenvalue weighted by molar-refractivity contribution is -0.124. The Labute approximate surface area is 151 Å². The maximum Gasteiger partial charge on any atom is 0.342 e. The van der Waals surface area contributed by atoms with Crippen LogP contribution < -0.4 is 10.1 Å². The average molecular weight is 359 g/mol. The Kier molecular flexibility index (Phi) is 7.35. The van der Waals surface area contributed by atoms with Gasteiger partial charge in [-0.3, -0.25) is 4.79 Å². The third kappa shape index (κ3) is 6.15. The number of benzene rings is 2. The van der Waals surface area contributed by atoms with Crippen LogP contribution in [-0.2, 0) is 9.53 Å². The number of hydrogen-bond acceptors (Lipinski definition) is 5. The standard InChI is InChI=1S/C19H21NO4S/c1-14-7-9-15(10-8-14)25-12-11-20-18(21)13-24-19(22)16-5-3-4-6-17(16)23-2/h3-10H,11-13H2,1-2H3,(H,20,21). The van der Waals surface area contributed by atoms with Gasteiger partial charge in [0.15, 0.2) is 6.61 Å². The number of carbonyl (C=O) groups excluding carboxylic acids is 2. The van der Waals surface area contributed by atoms with Gasteiger partial charge in [0, 0.05) is 17.2 Å². The third-order valence-electron chi connectivity index (χ3n) is 3.38. The number of carbonyl (C=O) groups is 2. The summed E-state index contributed by atoms with van der Waals surface area (Å²) in [5, 5.41) is 2.73. The molecule has 0 aliphatic carbocycles. The molecule has 2 rings (SSSR count). The van der Waals surface area contributed by atoms with Crippen molar-refractivity contribution in [2.24, 2.45) is 0 Å². The fourth-order valence-electron chi connectivity index (χ4n) is 2.07. The van der Waals surface area contributed by atoms with E-state index in [0.717, 1.165) is 10.6 Å². The van der Waals surface area contributed by atoms with E-state index in [4.69, 9.17) is 9.47 Å². The molecule has 0 bridgehead atoms. The first-order valence-electron chi connectivity index (χ1n) is 7.86. The topological polar surface area (TPSA) is 64.6 Å². The minimum absolute atomic E-state index is 0.299. The highest BCUT2D eigenvalue weighted by atomic mass is 32.2. The number of rotatable bonds is 8. The minimum atomic E-state index is -0.582. The number of hydrogen-bond donors (Lipinski definition) is 1. The molecular formula is C19H21NO4S. The molecule has 132 valence electrons. The lowest BCUT2D eigenvalue weighted by Crippen LogP contribution is -2.30. The molecule has 0 radical (unpaired) electrons. The molecule has 1 N–H and O–H groups in total. The van der Waals surface area contributed by atoms with Crippen molar-refractivity contribution < 1.29 is 19.1 Å². The van der Waals surface area contributed by atoms with Gasteiger partial charge in [-0.15, -0.1) is 11.8 Å². The fraction of sp³-hybridized carbons (Fsp3) is 0.263. The lowest BCUT2D eigenvalue weighted by Gasteiger charge is -2.09. The van der Waals surface area contributed by atoms with Crippen LogP contribution in [0.4, 0.5) is 0 Å². The van der Waals surface area contributed by atoms with Crippen molar-refractivity contribution in [3.05, 3.63) is 59.7 Å². The van der Waals surface area contributed by atoms with E-state index in [0.29, 0.717) is 17.9 Å². The van der Waals surface area contributed by atoms with E-state index in [2.05, 4.69) is 29.6 Å². The molecule has 2 aromatic carbocycles. The predicted octanol–water partition coefficient (Wildman–Crippen LogP) is 3.07. The minimum Gasteiger partial charge on any atom is -0.496 e. The van der Waals surface area contributed by atoms with E-state index >= 15 is 0 Å². The zero-order valence-electron chi connectivity index (χ0n) is 14.3. The number of aryl methyl sites for hydroxylation is 1. The van der Waals surface area contributed by atoms with Gasteiger partial charge in [-0.2, -0.15) is 0 Å². The van der Waals surface area contributed by atoms with Crippen LogP contribution in [0, 0.1) is 6.92 Å². The zero-order valence-corrected chi connectivity index (χ0v) is 15.1. The molecule has 1 amide bonds. The molecule has 25 heavy (non-hydrogen) atoms. The largest absolute Gasteiger partial charge is 0.496 e. The maximum atomic E-state index is 12.0. The van der Waals surface area contributed by atoms with Crippen LogP contribution in [0.3, 0.4) is 0 Å². The van der Waals surface area contributed by atoms with Crippen LogP contribution in [0.25, 0.3) is 0 Å². The maximum absolute atomic E-state index is 12.0. The summed E-state index contributed by atoms with van der Waals surface area (Å²) in [7, 11) is 1.48. The Balaban J connectivity index is 1.68. The molecule has 0 aliphatic heterocycles. The Morgan fingerprint density at radius 1 is 1.08 bits per heavy atom. The molecule has 0 unspecified atom stereocenters. The summed E-state index contributed by atoms with van der Waals surface area (Å²) in [5.74, 6) is 0.256. The molecular weight excluding hydrogens is 338 g/mol. The molecule has 2 aromatic rings. The molecule has 6 heteroatoms. The summed E-state index contributed by atoms with van der Waals surface area (Å²) >= 11 is 1.66. The van der Waals surface area contributed by atoms with Crippen LogP contribution in [0.2, 0.25) is 0 Å². The van der Waals surface area contributed by atoms with Gasteiger partial charge in [-0.1, -0.05) is 29.8 Å². The van der Waals surface area contributed by atoms with Gasteiger partial charge in [0.2, 0.25) is 0 Å². The predicted molar refractivity (Wildman–Crippen MR) is 98.2 cm³/mol. The van der Waals surface area contributed by atoms with Crippen LogP contribution in [0.1, 0.15) is 15.9 Å². The van der Waals surface area contributed by atoms with E-state index in [1.54, 1.807) is 36.0 Å². The second kappa shape index (κ2) is 9.74. The van der Waals surface area contributed by atoms with E-state index in [9.17, 15) is 9.59 Å². The highest BCUT2D eigenvalue weighted by Gasteiger charge is 2.14. The van der Waals surface area contributed by atoms with Crippen LogP contribution in [0.5, 0.6) is 5.75 Å². The SMILES string of the molecule is COc1ccccc1C(=O)OCC(=O)NCCSc1ccc(C)cc1. The van der Waals surface area contributed by atoms with Crippen molar-refractivity contribution in [3.8, 4) is 5.75 Å². The van der Waals surface area contributed by atoms with Gasteiger partial charge in [0.25, 0.3) is 5.91 Å². The van der Waals surface area contributed by atoms with Crippen LogP contribution in [-0.4, -0.2) is 37.9 Å². The molecule has 0 saturated heterocycles. The second-order valence-electron chi connectivity index (χ2n) is 5.29. The van der Waals surface area contributed by atoms with E-state index < -0.39 is 5.97 Å². The highest BCUT2D eigenvalue weighted by molar-refractivity contribution is 7.99. The summed E-state index contributed by atoms with van der Waals surface area (Å²) in [6, 6.07) is 14.9. The normalized spacial score (nSPS) is 10.2. The van der Waals surface area contributed by atoms with Gasteiger partial charge < -0.3 is 14.8 Å². The Morgan fingerprint density at radius 2 is 1.80 bits per heavy atom. The molecule has 0 fully saturated rings. The number of amides is 1. The van der Waals surface area contributed by atoms with Gasteiger partial charge in [-0.05, 0) is 31.2 Å². The van der Waals surface area contributed by atoms with Gasteiger partial charge in [0.05, 0.1) is 7.11 Å². The number of esters is 1. The van der Waals surface area contributed by atoms with E-state index in [1.807, 2.05) is 6.92 Å². The van der Waals surface area contributed by atoms with Crippen molar-refractivity contribution in [1.82, 2.24) is 5.32 Å². The average Bonchev–Trinajstić information content (AvgIpc) is 2.64. The smallest absolute Gasteiger partial charge is 0.342 e. The van der Waals surface area contributed by atoms with Gasteiger partial charge in [0.1, 0.15) is 11.3 Å². The van der Waals surface area contributed by atoms with Crippen LogP contribution >= 0.6 is 11.8 Å². The molecule has 0 heterocycles. The molecule has 0 spiro atoms. The number of thioether (sulfide) groups is 1. The van der Waals surface area contributed by atoms with E-state index in [1.165, 1.54) is 12.7 Å². The molecule has 0 aliphatic rings. The van der Waals surface area contributed by atoms with E-state index in [-0.39, 0.29) is 12.5 Å². The van der Waals surface area contributed by atoms with Crippen molar-refractivity contribution in [3.63, 3.8) is 0 Å². The van der Waals surface area contributed by atoms with Gasteiger partial charge >= 0.3 is 5.97 Å². The number of para-hydroxylation sites is 1. The monoisotopic (exact) mass is 359 g/mol. The Bertz CT molecular complexity index is 716. The Morgan fingerprint density at radius 3 is 2.52 bits per heavy atom. The number of methoxy groups -OCH3 is 1.